The topological polar surface area (TPSA) is 282 Å². The fourth-order valence-electron chi connectivity index (χ4n) is 3.45. The van der Waals surface area contributed by atoms with Gasteiger partial charge in [-0.2, -0.15) is 0 Å². The van der Waals surface area contributed by atoms with E-state index >= 15 is 0 Å². The van der Waals surface area contributed by atoms with Gasteiger partial charge in [0.25, 0.3) is 21.2 Å². The summed E-state index contributed by atoms with van der Waals surface area (Å²) in [5.74, 6) is 0. The smallest absolute Gasteiger partial charge is 0.330 e. The van der Waals surface area contributed by atoms with Crippen LogP contribution in [0.15, 0.2) is 15.8 Å². The molecule has 36 heavy (non-hydrogen) atoms. The summed E-state index contributed by atoms with van der Waals surface area (Å²) in [7, 11) is -11.6. The largest absolute Gasteiger partial charge is 0.756 e. The first-order valence-corrected chi connectivity index (χ1v) is 13.2. The van der Waals surface area contributed by atoms with Crippen LogP contribution in [0.4, 0.5) is 0 Å². The standard InChI is InChI=1S/C16H26N2O16P2/c1-6-3-18(16(25)17-14(6)24)10-2-7(20)9(31-10)5-30-35(26,27)34-36(28,29)33-15-13(23)12(22)11(21)8(4-19)32-15/h3,7-13,15,19-23H,2,4-5H2,1H3,(H,26,27)(H,28,29)(H,17,24,25)/p-2/t7-,8+,9+,10+,11-,12-,13+,15?/m0/s1. The van der Waals surface area contributed by atoms with E-state index < -0.39 is 89.2 Å². The van der Waals surface area contributed by atoms with Gasteiger partial charge in [0.2, 0.25) is 0 Å². The molecule has 0 aromatic carbocycles. The van der Waals surface area contributed by atoms with E-state index in [1.807, 2.05) is 4.98 Å². The van der Waals surface area contributed by atoms with E-state index in [1.54, 1.807) is 0 Å². The minimum atomic E-state index is -5.85. The molecule has 0 spiro atoms. The van der Waals surface area contributed by atoms with Crippen molar-refractivity contribution in [1.29, 1.82) is 0 Å². The molecule has 2 aliphatic rings. The van der Waals surface area contributed by atoms with Crippen LogP contribution < -0.4 is 21.0 Å². The lowest BCUT2D eigenvalue weighted by Gasteiger charge is -2.41. The zero-order chi connectivity index (χ0) is 27.0. The third kappa shape index (κ3) is 6.75. The van der Waals surface area contributed by atoms with Crippen LogP contribution in [0.25, 0.3) is 0 Å². The Labute approximate surface area is 201 Å². The van der Waals surface area contributed by atoms with Crippen molar-refractivity contribution in [3.8, 4) is 0 Å². The van der Waals surface area contributed by atoms with E-state index in [9.17, 15) is 48.9 Å². The number of hydrogen-bond donors (Lipinski definition) is 6. The molecule has 3 unspecified atom stereocenters. The van der Waals surface area contributed by atoms with Gasteiger partial charge in [0, 0.05) is 18.2 Å². The Morgan fingerprint density at radius 3 is 2.39 bits per heavy atom. The number of nitrogens with zero attached hydrogens (tertiary/aromatic N) is 1. The maximum atomic E-state index is 12.0. The van der Waals surface area contributed by atoms with Crippen LogP contribution in [0.1, 0.15) is 18.2 Å². The van der Waals surface area contributed by atoms with Crippen molar-refractivity contribution < 1.29 is 67.3 Å². The Bertz CT molecular complexity index is 1140. The summed E-state index contributed by atoms with van der Waals surface area (Å²) in [5, 5.41) is 48.4. The van der Waals surface area contributed by atoms with Gasteiger partial charge in [0.15, 0.2) is 6.29 Å². The molecule has 0 radical (unpaired) electrons. The number of aryl methyl sites for hydroxylation is 1. The van der Waals surface area contributed by atoms with E-state index in [4.69, 9.17) is 14.6 Å². The lowest BCUT2D eigenvalue weighted by molar-refractivity contribution is -0.305. The molecule has 2 fully saturated rings. The zero-order valence-electron chi connectivity index (χ0n) is 18.4. The summed E-state index contributed by atoms with van der Waals surface area (Å²) < 4.78 is 47.8. The Morgan fingerprint density at radius 1 is 1.08 bits per heavy atom. The first-order chi connectivity index (χ1) is 16.6. The average molecular weight is 562 g/mol. The van der Waals surface area contributed by atoms with Crippen molar-refractivity contribution >= 4 is 15.6 Å². The fraction of sp³-hybridized carbons (Fsp3) is 0.750. The fourth-order valence-corrected chi connectivity index (χ4v) is 5.53. The lowest BCUT2D eigenvalue weighted by Crippen LogP contribution is -2.59. The van der Waals surface area contributed by atoms with Gasteiger partial charge in [0.1, 0.15) is 36.7 Å². The molecule has 3 heterocycles. The summed E-state index contributed by atoms with van der Waals surface area (Å²) in [6.45, 7) is -0.442. The Hall–Kier alpha value is -1.34. The second-order valence-electron chi connectivity index (χ2n) is 7.99. The van der Waals surface area contributed by atoms with Gasteiger partial charge in [-0.15, -0.1) is 0 Å². The highest BCUT2D eigenvalue weighted by atomic mass is 31.3. The Morgan fingerprint density at radius 2 is 1.75 bits per heavy atom. The minimum absolute atomic E-state index is 0.162. The molecule has 20 heteroatoms. The van der Waals surface area contributed by atoms with Crippen LogP contribution in [-0.2, 0) is 32.0 Å². The Kier molecular flexibility index (Phi) is 9.08. The molecule has 206 valence electrons. The number of aromatic nitrogens is 2. The number of phosphoric acid groups is 2. The minimum Gasteiger partial charge on any atom is -0.756 e. The molecule has 0 saturated carbocycles. The van der Waals surface area contributed by atoms with E-state index in [1.165, 1.54) is 13.1 Å². The second kappa shape index (κ2) is 11.2. The van der Waals surface area contributed by atoms with Crippen molar-refractivity contribution in [3.63, 3.8) is 0 Å². The molecule has 2 saturated heterocycles. The normalized spacial score (nSPS) is 36.3. The summed E-state index contributed by atoms with van der Waals surface area (Å²) in [5.41, 5.74) is -1.32. The molecule has 6 N–H and O–H groups in total. The highest BCUT2D eigenvalue weighted by molar-refractivity contribution is 7.59. The highest BCUT2D eigenvalue weighted by Gasteiger charge is 2.46. The predicted octanol–water partition coefficient (Wildman–Crippen LogP) is -4.72. The van der Waals surface area contributed by atoms with Crippen molar-refractivity contribution in [2.75, 3.05) is 13.2 Å². The molecule has 0 aliphatic carbocycles. The molecule has 1 aromatic heterocycles. The molecule has 18 nitrogen and oxygen atoms in total. The summed E-state index contributed by atoms with van der Waals surface area (Å²) in [6, 6.07) is 0. The molecule has 10 atom stereocenters. The lowest BCUT2D eigenvalue weighted by atomic mass is 10.00. The highest BCUT2D eigenvalue weighted by Crippen LogP contribution is 2.57. The molecular weight excluding hydrogens is 538 g/mol. The van der Waals surface area contributed by atoms with E-state index in [-0.39, 0.29) is 12.0 Å². The Balaban J connectivity index is 1.59. The van der Waals surface area contributed by atoms with Gasteiger partial charge in [-0.3, -0.25) is 28.0 Å². The number of nitrogens with one attached hydrogen (secondary N) is 1. The SMILES string of the molecule is Cc1cn([C@H]2C[C@H](O)[C@@H](COP(=O)([O-])OP(=O)([O-])OC3O[C@H](CO)[C@H](O)[C@H](O)[C@H]3O)O2)c(=O)[nH]c1=O. The molecule has 0 amide bonds. The van der Waals surface area contributed by atoms with Gasteiger partial charge in [0.05, 0.1) is 19.3 Å². The maximum Gasteiger partial charge on any atom is 0.330 e. The molecule has 3 rings (SSSR count). The first-order valence-electron chi connectivity index (χ1n) is 10.3. The number of aliphatic hydroxyl groups excluding tert-OH is 5. The first kappa shape index (κ1) is 29.2. The van der Waals surface area contributed by atoms with Crippen LogP contribution in [0, 0.1) is 6.92 Å². The number of aliphatic hydroxyl groups is 5. The van der Waals surface area contributed by atoms with Gasteiger partial charge in [-0.1, -0.05) is 0 Å². The van der Waals surface area contributed by atoms with Crippen LogP contribution >= 0.6 is 15.6 Å². The van der Waals surface area contributed by atoms with Crippen molar-refractivity contribution in [2.24, 2.45) is 0 Å². The third-order valence-electron chi connectivity index (χ3n) is 5.34. The molecular formula is C16H24N2O16P2-2. The van der Waals surface area contributed by atoms with Crippen molar-refractivity contribution in [3.05, 3.63) is 32.6 Å². The number of aromatic amines is 1. The number of ether oxygens (including phenoxy) is 2. The third-order valence-corrected chi connectivity index (χ3v) is 7.87. The number of H-pyrrole nitrogens is 1. The number of phosphoric ester groups is 2. The summed E-state index contributed by atoms with van der Waals surface area (Å²) in [4.78, 5) is 49.6. The van der Waals surface area contributed by atoms with Crippen molar-refractivity contribution in [1.82, 2.24) is 9.55 Å². The van der Waals surface area contributed by atoms with Crippen LogP contribution in [-0.4, -0.2) is 91.2 Å². The van der Waals surface area contributed by atoms with Gasteiger partial charge in [-0.25, -0.2) is 9.11 Å². The zero-order valence-corrected chi connectivity index (χ0v) is 20.2. The van der Waals surface area contributed by atoms with E-state index in [0.717, 1.165) is 4.57 Å². The van der Waals surface area contributed by atoms with Gasteiger partial charge >= 0.3 is 5.69 Å². The summed E-state index contributed by atoms with van der Waals surface area (Å²) >= 11 is 0. The van der Waals surface area contributed by atoms with E-state index in [2.05, 4.69) is 13.4 Å². The van der Waals surface area contributed by atoms with Gasteiger partial charge in [-0.05, 0) is 6.92 Å². The maximum absolute atomic E-state index is 12.0. The number of rotatable bonds is 9. The average Bonchev–Trinajstić information content (AvgIpc) is 3.14. The predicted molar refractivity (Wildman–Crippen MR) is 108 cm³/mol. The van der Waals surface area contributed by atoms with Crippen molar-refractivity contribution in [2.45, 2.75) is 62.5 Å². The van der Waals surface area contributed by atoms with Crippen LogP contribution in [0.3, 0.4) is 0 Å². The van der Waals surface area contributed by atoms with E-state index in [0.29, 0.717) is 0 Å². The molecule has 1 aromatic rings. The van der Waals surface area contributed by atoms with Crippen LogP contribution in [0.5, 0.6) is 0 Å². The quantitative estimate of drug-likeness (QED) is 0.154. The molecule has 2 aliphatic heterocycles. The van der Waals surface area contributed by atoms with Crippen LogP contribution in [0.2, 0.25) is 0 Å². The van der Waals surface area contributed by atoms with Gasteiger partial charge < -0.3 is 49.3 Å². The number of hydrogen-bond acceptors (Lipinski definition) is 16. The monoisotopic (exact) mass is 562 g/mol. The summed E-state index contributed by atoms with van der Waals surface area (Å²) in [6.07, 6.45) is -12.7. The molecule has 0 bridgehead atoms. The second-order valence-corrected chi connectivity index (χ2v) is 10.9.